The Morgan fingerprint density at radius 2 is 2.06 bits per heavy atom. The number of hydrogen-bond acceptors (Lipinski definition) is 3. The minimum absolute atomic E-state index is 0.0230. The third-order valence-corrected chi connectivity index (χ3v) is 3.29. The first kappa shape index (κ1) is 15.0. The lowest BCUT2D eigenvalue weighted by atomic mass is 10.2. The molecular formula is C13H22ClN3O. The number of unbranched alkanes of at least 4 members (excludes halogenated alkanes) is 3. The number of hydrogen-bond donors (Lipinski definition) is 0. The van der Waals surface area contributed by atoms with Crippen molar-refractivity contribution in [2.45, 2.75) is 39.2 Å². The molecule has 0 aliphatic rings. The maximum absolute atomic E-state index is 11.8. The lowest BCUT2D eigenvalue weighted by molar-refractivity contribution is 0.519. The molecule has 0 radical (unpaired) electrons. The fourth-order valence-electron chi connectivity index (χ4n) is 1.69. The van der Waals surface area contributed by atoms with Crippen LogP contribution in [0.2, 0.25) is 0 Å². The third kappa shape index (κ3) is 4.69. The van der Waals surface area contributed by atoms with E-state index < -0.39 is 0 Å². The van der Waals surface area contributed by atoms with E-state index in [1.165, 1.54) is 4.68 Å². The van der Waals surface area contributed by atoms with Gasteiger partial charge >= 0.3 is 0 Å². The summed E-state index contributed by atoms with van der Waals surface area (Å²) in [6.45, 7) is 3.60. The highest BCUT2D eigenvalue weighted by Crippen LogP contribution is 2.06. The van der Waals surface area contributed by atoms with Crippen molar-refractivity contribution in [2.24, 2.45) is 0 Å². The van der Waals surface area contributed by atoms with E-state index in [0.29, 0.717) is 6.54 Å². The van der Waals surface area contributed by atoms with Crippen LogP contribution < -0.4 is 10.5 Å². The Labute approximate surface area is 114 Å². The third-order valence-electron chi connectivity index (χ3n) is 3.02. The Kier molecular flexibility index (Phi) is 6.80. The SMILES string of the molecule is CCN(C)c1cnn(CCCCCCCl)c(=O)c1. The molecular weight excluding hydrogens is 250 g/mol. The van der Waals surface area contributed by atoms with Crippen molar-refractivity contribution in [3.8, 4) is 0 Å². The van der Waals surface area contributed by atoms with Gasteiger partial charge in [0.15, 0.2) is 0 Å². The number of alkyl halides is 1. The number of rotatable bonds is 8. The van der Waals surface area contributed by atoms with Crippen LogP contribution in [0.1, 0.15) is 32.6 Å². The van der Waals surface area contributed by atoms with Crippen molar-refractivity contribution in [1.82, 2.24) is 9.78 Å². The Hall–Kier alpha value is -1.03. The molecule has 0 saturated carbocycles. The summed E-state index contributed by atoms with van der Waals surface area (Å²) in [5.74, 6) is 0.718. The van der Waals surface area contributed by atoms with Gasteiger partial charge in [0.1, 0.15) is 0 Å². The number of anilines is 1. The number of aromatic nitrogens is 2. The summed E-state index contributed by atoms with van der Waals surface area (Å²) in [6.07, 6.45) is 5.99. The summed E-state index contributed by atoms with van der Waals surface area (Å²) < 4.78 is 1.54. The minimum atomic E-state index is -0.0230. The Balaban J connectivity index is 2.50. The minimum Gasteiger partial charge on any atom is -0.373 e. The molecule has 5 heteroatoms. The fourth-order valence-corrected chi connectivity index (χ4v) is 1.88. The van der Waals surface area contributed by atoms with Crippen LogP contribution in [0.15, 0.2) is 17.1 Å². The maximum Gasteiger partial charge on any atom is 0.268 e. The van der Waals surface area contributed by atoms with E-state index in [9.17, 15) is 4.79 Å². The summed E-state index contributed by atoms with van der Waals surface area (Å²) in [5.41, 5.74) is 0.853. The molecule has 1 aromatic rings. The standard InChI is InChI=1S/C13H22ClN3O/c1-3-16(2)12-10-13(18)17(15-11-12)9-7-5-4-6-8-14/h10-11H,3-9H2,1-2H3. The molecule has 0 amide bonds. The van der Waals surface area contributed by atoms with Crippen molar-refractivity contribution in [3.63, 3.8) is 0 Å². The summed E-state index contributed by atoms with van der Waals surface area (Å²) in [4.78, 5) is 13.8. The van der Waals surface area contributed by atoms with Gasteiger partial charge in [0, 0.05) is 32.1 Å². The zero-order chi connectivity index (χ0) is 13.4. The Morgan fingerprint density at radius 3 is 2.67 bits per heavy atom. The van der Waals surface area contributed by atoms with Crippen LogP contribution in [-0.2, 0) is 6.54 Å². The van der Waals surface area contributed by atoms with E-state index in [2.05, 4.69) is 5.10 Å². The summed E-state index contributed by atoms with van der Waals surface area (Å²) in [7, 11) is 1.95. The molecule has 0 unspecified atom stereocenters. The summed E-state index contributed by atoms with van der Waals surface area (Å²) in [5, 5.41) is 4.20. The van der Waals surface area contributed by atoms with Crippen LogP contribution in [0.3, 0.4) is 0 Å². The highest BCUT2D eigenvalue weighted by atomic mass is 35.5. The van der Waals surface area contributed by atoms with E-state index in [1.807, 2.05) is 18.9 Å². The fraction of sp³-hybridized carbons (Fsp3) is 0.692. The van der Waals surface area contributed by atoms with Gasteiger partial charge in [0.25, 0.3) is 5.56 Å². The quantitative estimate of drug-likeness (QED) is 0.539. The first-order chi connectivity index (χ1) is 8.69. The van der Waals surface area contributed by atoms with Crippen molar-refractivity contribution >= 4 is 17.3 Å². The zero-order valence-electron chi connectivity index (χ0n) is 11.2. The molecule has 4 nitrogen and oxygen atoms in total. The van der Waals surface area contributed by atoms with Gasteiger partial charge in [0.2, 0.25) is 0 Å². The molecule has 102 valence electrons. The van der Waals surface area contributed by atoms with E-state index >= 15 is 0 Å². The van der Waals surface area contributed by atoms with Gasteiger partial charge in [-0.05, 0) is 19.8 Å². The zero-order valence-corrected chi connectivity index (χ0v) is 12.0. The molecule has 0 aliphatic carbocycles. The molecule has 0 aliphatic heterocycles. The molecule has 1 aromatic heterocycles. The summed E-state index contributed by atoms with van der Waals surface area (Å²) >= 11 is 5.61. The van der Waals surface area contributed by atoms with E-state index in [1.54, 1.807) is 12.3 Å². The molecule has 0 atom stereocenters. The van der Waals surface area contributed by atoms with Crippen molar-refractivity contribution in [3.05, 3.63) is 22.6 Å². The molecule has 0 spiro atoms. The second-order valence-electron chi connectivity index (χ2n) is 4.39. The molecule has 0 aromatic carbocycles. The van der Waals surface area contributed by atoms with E-state index in [-0.39, 0.29) is 5.56 Å². The largest absolute Gasteiger partial charge is 0.373 e. The van der Waals surface area contributed by atoms with Gasteiger partial charge in [0.05, 0.1) is 11.9 Å². The normalized spacial score (nSPS) is 10.6. The lowest BCUT2D eigenvalue weighted by Crippen LogP contribution is -2.25. The Morgan fingerprint density at radius 1 is 1.33 bits per heavy atom. The second-order valence-corrected chi connectivity index (χ2v) is 4.77. The summed E-state index contributed by atoms with van der Waals surface area (Å²) in [6, 6.07) is 1.65. The van der Waals surface area contributed by atoms with Crippen LogP contribution in [0.4, 0.5) is 5.69 Å². The molecule has 0 saturated heterocycles. The first-order valence-electron chi connectivity index (χ1n) is 6.53. The predicted molar refractivity (Wildman–Crippen MR) is 76.6 cm³/mol. The van der Waals surface area contributed by atoms with Crippen LogP contribution in [0.5, 0.6) is 0 Å². The molecule has 1 rings (SSSR count). The number of nitrogens with zero attached hydrogens (tertiary/aromatic N) is 3. The van der Waals surface area contributed by atoms with E-state index in [4.69, 9.17) is 11.6 Å². The molecule has 0 fully saturated rings. The highest BCUT2D eigenvalue weighted by Gasteiger charge is 2.02. The van der Waals surface area contributed by atoms with E-state index in [0.717, 1.165) is 43.8 Å². The van der Waals surface area contributed by atoms with Crippen LogP contribution >= 0.6 is 11.6 Å². The van der Waals surface area contributed by atoms with Crippen LogP contribution in [0, 0.1) is 0 Å². The molecule has 0 bridgehead atoms. The van der Waals surface area contributed by atoms with Gasteiger partial charge in [-0.25, -0.2) is 4.68 Å². The number of aryl methyl sites for hydroxylation is 1. The van der Waals surface area contributed by atoms with Gasteiger partial charge < -0.3 is 4.90 Å². The molecule has 18 heavy (non-hydrogen) atoms. The maximum atomic E-state index is 11.8. The Bertz CT molecular complexity index is 405. The first-order valence-corrected chi connectivity index (χ1v) is 7.06. The van der Waals surface area contributed by atoms with Gasteiger partial charge in [-0.2, -0.15) is 5.10 Å². The van der Waals surface area contributed by atoms with Crippen molar-refractivity contribution < 1.29 is 0 Å². The average Bonchev–Trinajstić information content (AvgIpc) is 2.39. The van der Waals surface area contributed by atoms with Crippen molar-refractivity contribution in [2.75, 3.05) is 24.4 Å². The lowest BCUT2D eigenvalue weighted by Gasteiger charge is -2.16. The van der Waals surface area contributed by atoms with Crippen LogP contribution in [-0.4, -0.2) is 29.3 Å². The van der Waals surface area contributed by atoms with Crippen LogP contribution in [0.25, 0.3) is 0 Å². The number of halogens is 1. The molecule has 1 heterocycles. The van der Waals surface area contributed by atoms with Crippen molar-refractivity contribution in [1.29, 1.82) is 0 Å². The van der Waals surface area contributed by atoms with Gasteiger partial charge in [-0.1, -0.05) is 12.8 Å². The van der Waals surface area contributed by atoms with Gasteiger partial charge in [-0.15, -0.1) is 11.6 Å². The smallest absolute Gasteiger partial charge is 0.268 e. The predicted octanol–water partition coefficient (Wildman–Crippen LogP) is 2.50. The monoisotopic (exact) mass is 271 g/mol. The average molecular weight is 272 g/mol. The molecule has 0 N–H and O–H groups in total. The second kappa shape index (κ2) is 8.14. The van der Waals surface area contributed by atoms with Gasteiger partial charge in [-0.3, -0.25) is 4.79 Å². The topological polar surface area (TPSA) is 38.1 Å². The highest BCUT2D eigenvalue weighted by molar-refractivity contribution is 6.17.